The van der Waals surface area contributed by atoms with Gasteiger partial charge in [0, 0.05) is 29.9 Å². The first-order chi connectivity index (χ1) is 14.4. The molecule has 1 amide bonds. The van der Waals surface area contributed by atoms with Gasteiger partial charge in [0.2, 0.25) is 0 Å². The van der Waals surface area contributed by atoms with Crippen LogP contribution >= 0.6 is 12.2 Å². The molecule has 2 aliphatic rings. The molecule has 5 nitrogen and oxygen atoms in total. The number of hydrogen-bond donors (Lipinski definition) is 1. The molecule has 2 atom stereocenters. The number of rotatable bonds is 3. The van der Waals surface area contributed by atoms with Crippen LogP contribution in [0.1, 0.15) is 32.8 Å². The number of piperidine rings is 1. The van der Waals surface area contributed by atoms with Gasteiger partial charge < -0.3 is 19.9 Å². The molecule has 1 fully saturated rings. The number of likely N-dealkylation sites (tertiary alicyclic amines) is 1. The van der Waals surface area contributed by atoms with E-state index in [9.17, 15) is 22.4 Å². The summed E-state index contributed by atoms with van der Waals surface area (Å²) in [5.74, 6) is 0. The number of ether oxygens (including phenoxy) is 1. The molecule has 1 N–H and O–H groups in total. The molecular weight excluding hydrogens is 434 g/mol. The number of benzene rings is 1. The lowest BCUT2D eigenvalue weighted by Gasteiger charge is -2.36. The van der Waals surface area contributed by atoms with Crippen LogP contribution in [-0.2, 0) is 11.2 Å². The van der Waals surface area contributed by atoms with E-state index in [0.29, 0.717) is 29.9 Å². The Labute approximate surface area is 184 Å². The Bertz CT molecular complexity index is 894. The van der Waals surface area contributed by atoms with Crippen molar-refractivity contribution in [2.75, 3.05) is 29.9 Å². The number of nitrogens with zero attached hydrogens (tertiary/aromatic N) is 2. The molecule has 0 unspecified atom stereocenters. The molecule has 0 bridgehead atoms. The number of anilines is 2. The van der Waals surface area contributed by atoms with Gasteiger partial charge in [-0.2, -0.15) is 13.2 Å². The van der Waals surface area contributed by atoms with Gasteiger partial charge in [0.1, 0.15) is 18.3 Å². The zero-order valence-corrected chi connectivity index (χ0v) is 18.4. The number of amides is 1. The van der Waals surface area contributed by atoms with Gasteiger partial charge >= 0.3 is 12.3 Å². The van der Waals surface area contributed by atoms with Crippen molar-refractivity contribution >= 4 is 34.7 Å². The van der Waals surface area contributed by atoms with E-state index >= 15 is 0 Å². The van der Waals surface area contributed by atoms with Gasteiger partial charge in [-0.1, -0.05) is 6.07 Å². The van der Waals surface area contributed by atoms with Gasteiger partial charge in [-0.05, 0) is 56.6 Å². The van der Waals surface area contributed by atoms with Crippen LogP contribution in [0.25, 0.3) is 0 Å². The molecule has 0 aromatic heterocycles. The molecule has 2 aliphatic heterocycles. The quantitative estimate of drug-likeness (QED) is 0.517. The number of nitrogens with one attached hydrogen (secondary N) is 1. The zero-order chi connectivity index (χ0) is 23.0. The molecule has 0 aliphatic carbocycles. The Kier molecular flexibility index (Phi) is 6.53. The third-order valence-corrected chi connectivity index (χ3v) is 5.34. The van der Waals surface area contributed by atoms with Gasteiger partial charge in [0.15, 0.2) is 0 Å². The van der Waals surface area contributed by atoms with Crippen molar-refractivity contribution in [2.45, 2.75) is 57.6 Å². The predicted molar refractivity (Wildman–Crippen MR) is 114 cm³/mol. The minimum atomic E-state index is -4.40. The van der Waals surface area contributed by atoms with E-state index < -0.39 is 36.6 Å². The summed E-state index contributed by atoms with van der Waals surface area (Å²) in [5.41, 5.74) is 1.16. The Morgan fingerprint density at radius 2 is 2.03 bits per heavy atom. The number of alkyl halides is 4. The van der Waals surface area contributed by atoms with Gasteiger partial charge in [-0.3, -0.25) is 0 Å². The summed E-state index contributed by atoms with van der Waals surface area (Å²) in [6, 6.07) is 4.34. The molecule has 3 rings (SSSR count). The molecule has 0 saturated carbocycles. The SMILES string of the molecule is CC(C)(C)OC(=O)N1CC[C@H](Nc2cccc3c2CC(=C=S)N3CC(F)(F)F)[C@H](F)C1. The number of carbonyl (C=O) groups excluding carboxylic acids is 1. The van der Waals surface area contributed by atoms with Crippen molar-refractivity contribution in [3.8, 4) is 0 Å². The van der Waals surface area contributed by atoms with Crippen molar-refractivity contribution in [1.82, 2.24) is 4.90 Å². The van der Waals surface area contributed by atoms with E-state index in [1.165, 1.54) is 4.90 Å². The Morgan fingerprint density at radius 1 is 1.32 bits per heavy atom. The minimum absolute atomic E-state index is 0.118. The first kappa shape index (κ1) is 23.3. The van der Waals surface area contributed by atoms with Crippen molar-refractivity contribution in [2.24, 2.45) is 0 Å². The molecular formula is C21H25F4N3O2S. The van der Waals surface area contributed by atoms with E-state index in [-0.39, 0.29) is 18.7 Å². The standard InChI is InChI=1S/C21H25F4N3O2S/c1-20(2,3)30-19(29)27-8-7-17(15(22)10-27)26-16-5-4-6-18-14(16)9-13(11-31)28(18)12-21(23,24)25/h4-6,15,17,26H,7-10,12H2,1-3H3/t15-,17+/m1/s1. The third-order valence-electron chi connectivity index (χ3n) is 5.10. The Morgan fingerprint density at radius 3 is 2.61 bits per heavy atom. The summed E-state index contributed by atoms with van der Waals surface area (Å²) in [5, 5.41) is 5.56. The second kappa shape index (κ2) is 8.67. The molecule has 10 heteroatoms. The monoisotopic (exact) mass is 459 g/mol. The molecule has 1 saturated heterocycles. The number of carbonyl (C=O) groups is 1. The summed E-state index contributed by atoms with van der Waals surface area (Å²) in [6.45, 7) is 4.26. The van der Waals surface area contributed by atoms with Crippen LogP contribution in [0.3, 0.4) is 0 Å². The average Bonchev–Trinajstić information content (AvgIpc) is 2.99. The van der Waals surface area contributed by atoms with Crippen LogP contribution in [-0.4, -0.2) is 59.6 Å². The fraction of sp³-hybridized carbons (Fsp3) is 0.571. The fourth-order valence-electron chi connectivity index (χ4n) is 3.77. The highest BCUT2D eigenvalue weighted by Crippen LogP contribution is 2.40. The van der Waals surface area contributed by atoms with Crippen molar-refractivity contribution in [1.29, 1.82) is 0 Å². The lowest BCUT2D eigenvalue weighted by atomic mass is 10.0. The van der Waals surface area contributed by atoms with E-state index in [2.05, 4.69) is 10.3 Å². The van der Waals surface area contributed by atoms with Gasteiger partial charge in [0.25, 0.3) is 0 Å². The highest BCUT2D eigenvalue weighted by Gasteiger charge is 2.38. The number of hydrogen-bond acceptors (Lipinski definition) is 5. The van der Waals surface area contributed by atoms with Crippen LogP contribution in [0, 0.1) is 0 Å². The zero-order valence-electron chi connectivity index (χ0n) is 17.6. The summed E-state index contributed by atoms with van der Waals surface area (Å²) >= 11 is 4.80. The molecule has 1 aromatic rings. The average molecular weight is 460 g/mol. The molecule has 1 aromatic carbocycles. The maximum absolute atomic E-state index is 14.9. The minimum Gasteiger partial charge on any atom is -0.444 e. The number of allylic oxidation sites excluding steroid dienone is 1. The van der Waals surface area contributed by atoms with E-state index in [1.54, 1.807) is 39.0 Å². The molecule has 170 valence electrons. The summed E-state index contributed by atoms with van der Waals surface area (Å²) < 4.78 is 59.2. The Hall–Kier alpha value is -2.32. The lowest BCUT2D eigenvalue weighted by Crippen LogP contribution is -2.51. The predicted octanol–water partition coefficient (Wildman–Crippen LogP) is 4.85. The largest absolute Gasteiger partial charge is 0.444 e. The van der Waals surface area contributed by atoms with Crippen LogP contribution in [0.4, 0.5) is 33.7 Å². The van der Waals surface area contributed by atoms with Crippen molar-refractivity contribution in [3.63, 3.8) is 0 Å². The van der Waals surface area contributed by atoms with E-state index in [1.807, 2.05) is 0 Å². The first-order valence-corrected chi connectivity index (χ1v) is 10.4. The molecule has 31 heavy (non-hydrogen) atoms. The highest BCUT2D eigenvalue weighted by atomic mass is 32.1. The van der Waals surface area contributed by atoms with Gasteiger partial charge in [0.05, 0.1) is 18.3 Å². The highest BCUT2D eigenvalue weighted by molar-refractivity contribution is 7.78. The smallest absolute Gasteiger partial charge is 0.410 e. The number of halogens is 4. The number of fused-ring (bicyclic) bond motifs is 1. The van der Waals surface area contributed by atoms with Crippen molar-refractivity contribution < 1.29 is 27.1 Å². The summed E-state index contributed by atoms with van der Waals surface area (Å²) in [6.07, 6.45) is -5.79. The van der Waals surface area contributed by atoms with Gasteiger partial charge in [-0.25, -0.2) is 9.18 Å². The normalized spacial score (nSPS) is 21.6. The first-order valence-electron chi connectivity index (χ1n) is 9.96. The summed E-state index contributed by atoms with van der Waals surface area (Å²) in [4.78, 5) is 14.6. The second-order valence-corrected chi connectivity index (χ2v) is 8.92. The number of thiocarbonyl (C=S) groups is 1. The van der Waals surface area contributed by atoms with Crippen LogP contribution in [0.5, 0.6) is 0 Å². The maximum atomic E-state index is 14.9. The second-order valence-electron chi connectivity index (χ2n) is 8.71. The summed E-state index contributed by atoms with van der Waals surface area (Å²) in [7, 11) is 0. The Balaban J connectivity index is 1.73. The third kappa shape index (κ3) is 5.68. The van der Waals surface area contributed by atoms with Gasteiger partial charge in [-0.15, -0.1) is 0 Å². The molecule has 0 spiro atoms. The fourth-order valence-corrected chi connectivity index (χ4v) is 3.95. The van der Waals surface area contributed by atoms with Crippen LogP contribution in [0.15, 0.2) is 23.9 Å². The molecule has 0 radical (unpaired) electrons. The van der Waals surface area contributed by atoms with Crippen molar-refractivity contribution in [3.05, 3.63) is 29.5 Å². The van der Waals surface area contributed by atoms with E-state index in [4.69, 9.17) is 17.0 Å². The van der Waals surface area contributed by atoms with E-state index in [0.717, 1.165) is 4.90 Å². The molecule has 2 heterocycles. The van der Waals surface area contributed by atoms with Crippen LogP contribution < -0.4 is 10.2 Å². The lowest BCUT2D eigenvalue weighted by molar-refractivity contribution is -0.118. The van der Waals surface area contributed by atoms with Crippen LogP contribution in [0.2, 0.25) is 0 Å². The maximum Gasteiger partial charge on any atom is 0.410 e. The topological polar surface area (TPSA) is 44.8 Å².